The average molecular weight is 456 g/mol. The van der Waals surface area contributed by atoms with Crippen LogP contribution in [0.15, 0.2) is 67.0 Å². The maximum Gasteiger partial charge on any atom is 0.123 e. The van der Waals surface area contributed by atoms with Gasteiger partial charge in [-0.15, -0.1) is 0 Å². The lowest BCUT2D eigenvalue weighted by Crippen LogP contribution is -2.48. The Morgan fingerprint density at radius 1 is 1.12 bits per heavy atom. The molecule has 0 aliphatic heterocycles. The van der Waals surface area contributed by atoms with Gasteiger partial charge in [-0.1, -0.05) is 6.07 Å². The van der Waals surface area contributed by atoms with Crippen molar-refractivity contribution in [2.45, 2.75) is 62.9 Å². The minimum atomic E-state index is -0.611. The molecule has 0 radical (unpaired) electrons. The molecule has 0 bridgehead atoms. The molecule has 3 atom stereocenters. The Balaban J connectivity index is 1.51. The highest BCUT2D eigenvalue weighted by Crippen LogP contribution is 2.53. The molecule has 34 heavy (non-hydrogen) atoms. The van der Waals surface area contributed by atoms with Crippen LogP contribution in [0.25, 0.3) is 16.6 Å². The van der Waals surface area contributed by atoms with E-state index in [-0.39, 0.29) is 11.2 Å². The van der Waals surface area contributed by atoms with Gasteiger partial charge in [0.15, 0.2) is 0 Å². The van der Waals surface area contributed by atoms with E-state index in [1.54, 1.807) is 12.1 Å². The molecule has 2 aromatic carbocycles. The summed E-state index contributed by atoms with van der Waals surface area (Å²) >= 11 is 0. The fourth-order valence-electron chi connectivity index (χ4n) is 6.53. The third-order valence-corrected chi connectivity index (χ3v) is 8.20. The Morgan fingerprint density at radius 3 is 2.76 bits per heavy atom. The van der Waals surface area contributed by atoms with Crippen LogP contribution in [-0.2, 0) is 18.3 Å². The van der Waals surface area contributed by atoms with Crippen molar-refractivity contribution in [1.29, 1.82) is 0 Å². The van der Waals surface area contributed by atoms with Crippen molar-refractivity contribution in [2.24, 2.45) is 5.92 Å². The third kappa shape index (κ3) is 3.63. The first kappa shape index (κ1) is 21.5. The molecular formula is C29H30FN3O. The topological polar surface area (TPSA) is 50.9 Å². The number of hydrogen-bond donors (Lipinski definition) is 1. The van der Waals surface area contributed by atoms with Gasteiger partial charge < -0.3 is 5.11 Å². The predicted octanol–water partition coefficient (Wildman–Crippen LogP) is 5.93. The molecule has 6 rings (SSSR count). The van der Waals surface area contributed by atoms with Crippen molar-refractivity contribution in [3.05, 3.63) is 89.6 Å². The molecule has 0 saturated heterocycles. The third-order valence-electron chi connectivity index (χ3n) is 8.20. The molecule has 5 heteroatoms. The Kier molecular flexibility index (Phi) is 5.07. The summed E-state index contributed by atoms with van der Waals surface area (Å²) in [6.45, 7) is 2.00. The quantitative estimate of drug-likeness (QED) is 0.417. The summed E-state index contributed by atoms with van der Waals surface area (Å²) in [5.74, 6) is 0.161. The number of pyridine rings is 1. The average Bonchev–Trinajstić information content (AvgIpc) is 3.18. The number of aryl methyl sites for hydroxylation is 1. The summed E-state index contributed by atoms with van der Waals surface area (Å²) in [5.41, 5.74) is 5.15. The van der Waals surface area contributed by atoms with Crippen LogP contribution in [-0.4, -0.2) is 25.5 Å². The Morgan fingerprint density at radius 2 is 1.97 bits per heavy atom. The summed E-state index contributed by atoms with van der Waals surface area (Å²) in [6, 6.07) is 17.3. The monoisotopic (exact) mass is 455 g/mol. The molecule has 4 aromatic rings. The fourth-order valence-corrected chi connectivity index (χ4v) is 6.53. The molecule has 0 spiro atoms. The van der Waals surface area contributed by atoms with E-state index in [2.05, 4.69) is 29.4 Å². The highest BCUT2D eigenvalue weighted by molar-refractivity contribution is 5.82. The van der Waals surface area contributed by atoms with Gasteiger partial charge in [0.25, 0.3) is 0 Å². The van der Waals surface area contributed by atoms with Crippen molar-refractivity contribution in [3.63, 3.8) is 0 Å². The smallest absolute Gasteiger partial charge is 0.123 e. The number of nitrogens with zero attached hydrogens (tertiary/aromatic N) is 3. The van der Waals surface area contributed by atoms with E-state index in [1.807, 2.05) is 30.1 Å². The number of aromatic nitrogens is 3. The highest BCUT2D eigenvalue weighted by Gasteiger charge is 2.49. The van der Waals surface area contributed by atoms with E-state index < -0.39 is 5.60 Å². The number of hydrogen-bond acceptors (Lipinski definition) is 3. The second-order valence-corrected chi connectivity index (χ2v) is 10.5. The van der Waals surface area contributed by atoms with E-state index in [4.69, 9.17) is 4.98 Å². The summed E-state index contributed by atoms with van der Waals surface area (Å²) in [7, 11) is 0. The summed E-state index contributed by atoms with van der Waals surface area (Å²) in [4.78, 5) is 4.70. The standard InChI is InChI=1S/C29H30FN3O/c1-28(34)12-13-29(18-24-7-2-3-14-31-24)22(17-28)6-4-5-20-16-27-21(15-26(20)29)19-32-33(27)25-10-8-23(30)9-11-25/h2-3,7-11,14-16,19,22,34H,4-6,12-13,17-18H2,1H3/t22-,28+,29-/m1/s1. The van der Waals surface area contributed by atoms with Gasteiger partial charge in [0.05, 0.1) is 23.0 Å². The van der Waals surface area contributed by atoms with Crippen molar-refractivity contribution < 1.29 is 9.50 Å². The molecule has 1 fully saturated rings. The molecule has 1 N–H and O–H groups in total. The molecule has 4 nitrogen and oxygen atoms in total. The number of halogens is 1. The van der Waals surface area contributed by atoms with Crippen molar-refractivity contribution in [2.75, 3.05) is 0 Å². The summed E-state index contributed by atoms with van der Waals surface area (Å²) in [6.07, 6.45) is 10.5. The molecule has 2 aliphatic carbocycles. The molecule has 2 aliphatic rings. The van der Waals surface area contributed by atoms with Crippen molar-refractivity contribution in [3.8, 4) is 5.69 Å². The Hall–Kier alpha value is -3.05. The summed E-state index contributed by atoms with van der Waals surface area (Å²) < 4.78 is 15.4. The number of rotatable bonds is 3. The highest BCUT2D eigenvalue weighted by atomic mass is 19.1. The van der Waals surface area contributed by atoms with Crippen LogP contribution < -0.4 is 0 Å². The zero-order chi connectivity index (χ0) is 23.3. The van der Waals surface area contributed by atoms with Gasteiger partial charge in [0.2, 0.25) is 0 Å². The lowest BCUT2D eigenvalue weighted by atomic mass is 9.56. The van der Waals surface area contributed by atoms with Crippen LogP contribution in [0.2, 0.25) is 0 Å². The van der Waals surface area contributed by atoms with Gasteiger partial charge in [0, 0.05) is 22.7 Å². The second-order valence-electron chi connectivity index (χ2n) is 10.5. The largest absolute Gasteiger partial charge is 0.390 e. The molecular weight excluding hydrogens is 425 g/mol. The van der Waals surface area contributed by atoms with E-state index in [1.165, 1.54) is 23.3 Å². The van der Waals surface area contributed by atoms with Gasteiger partial charge in [0.1, 0.15) is 5.82 Å². The lowest BCUT2D eigenvalue weighted by Gasteiger charge is -2.49. The first-order valence-corrected chi connectivity index (χ1v) is 12.3. The van der Waals surface area contributed by atoms with Crippen molar-refractivity contribution >= 4 is 10.9 Å². The molecule has 0 amide bonds. The van der Waals surface area contributed by atoms with E-state index in [0.29, 0.717) is 5.92 Å². The normalized spacial score (nSPS) is 26.6. The lowest BCUT2D eigenvalue weighted by molar-refractivity contribution is -0.0332. The van der Waals surface area contributed by atoms with Gasteiger partial charge >= 0.3 is 0 Å². The predicted molar refractivity (Wildman–Crippen MR) is 132 cm³/mol. The maximum absolute atomic E-state index is 13.5. The van der Waals surface area contributed by atoms with Crippen molar-refractivity contribution in [1.82, 2.24) is 14.8 Å². The number of fused-ring (bicyclic) bond motifs is 4. The SMILES string of the molecule is C[C@]1(O)CC[C@]2(Cc3ccccn3)c3cc4cnn(-c5ccc(F)cc5)c4cc3CCC[C@@H]2C1. The fraction of sp³-hybridized carbons (Fsp3) is 0.379. The van der Waals surface area contributed by atoms with Gasteiger partial charge in [-0.05, 0) is 117 Å². The van der Waals surface area contributed by atoms with Gasteiger partial charge in [-0.3, -0.25) is 4.98 Å². The number of aliphatic hydroxyl groups is 1. The number of benzene rings is 2. The Labute approximate surface area is 199 Å². The molecule has 2 heterocycles. The molecule has 174 valence electrons. The first-order valence-electron chi connectivity index (χ1n) is 12.3. The minimum absolute atomic E-state index is 0.0470. The van der Waals surface area contributed by atoms with Crippen LogP contribution in [0.3, 0.4) is 0 Å². The van der Waals surface area contributed by atoms with Crippen LogP contribution in [0, 0.1) is 11.7 Å². The van der Waals surface area contributed by atoms with Gasteiger partial charge in [-0.2, -0.15) is 5.10 Å². The molecule has 0 unspecified atom stereocenters. The van der Waals surface area contributed by atoms with E-state index in [0.717, 1.165) is 67.2 Å². The van der Waals surface area contributed by atoms with Gasteiger partial charge in [-0.25, -0.2) is 9.07 Å². The molecule has 1 saturated carbocycles. The van der Waals surface area contributed by atoms with E-state index >= 15 is 0 Å². The Bertz CT molecular complexity index is 1330. The van der Waals surface area contributed by atoms with E-state index in [9.17, 15) is 9.50 Å². The first-order chi connectivity index (χ1) is 16.4. The van der Waals surface area contributed by atoms with Crippen LogP contribution in [0.4, 0.5) is 4.39 Å². The molecule has 2 aromatic heterocycles. The second kappa shape index (κ2) is 8.02. The zero-order valence-electron chi connectivity index (χ0n) is 19.5. The summed E-state index contributed by atoms with van der Waals surface area (Å²) in [5, 5.41) is 16.8. The van der Waals surface area contributed by atoms with Crippen LogP contribution in [0.1, 0.15) is 55.8 Å². The zero-order valence-corrected chi connectivity index (χ0v) is 19.5. The van der Waals surface area contributed by atoms with Crippen LogP contribution >= 0.6 is 0 Å². The van der Waals surface area contributed by atoms with Crippen LogP contribution in [0.5, 0.6) is 0 Å². The maximum atomic E-state index is 13.5. The minimum Gasteiger partial charge on any atom is -0.390 e.